The van der Waals surface area contributed by atoms with Crippen LogP contribution in [-0.4, -0.2) is 48.1 Å². The van der Waals surface area contributed by atoms with Gasteiger partial charge in [-0.3, -0.25) is 15.0 Å². The third kappa shape index (κ3) is 6.05. The van der Waals surface area contributed by atoms with Crippen LogP contribution in [0.2, 0.25) is 0 Å². The van der Waals surface area contributed by atoms with Gasteiger partial charge in [-0.15, -0.1) is 0 Å². The quantitative estimate of drug-likeness (QED) is 0.410. The number of hydrogen-bond acceptors (Lipinski definition) is 6. The average molecular weight is 440 g/mol. The number of nitrogens with zero attached hydrogens (tertiary/aromatic N) is 2. The lowest BCUT2D eigenvalue weighted by Gasteiger charge is -2.29. The minimum absolute atomic E-state index is 0.184. The molecular weight excluding hydrogens is 419 g/mol. The molecule has 0 aliphatic rings. The fraction of sp³-hybridized carbons (Fsp3) is 0.263. The Bertz CT molecular complexity index is 956. The second-order valence-electron chi connectivity index (χ2n) is 6.13. The van der Waals surface area contributed by atoms with E-state index in [0.717, 1.165) is 4.31 Å². The Kier molecular flexibility index (Phi) is 8.39. The van der Waals surface area contributed by atoms with E-state index in [1.807, 2.05) is 0 Å². The highest BCUT2D eigenvalue weighted by Gasteiger charge is 2.36. The maximum atomic E-state index is 13.6. The predicted molar refractivity (Wildman–Crippen MR) is 103 cm³/mol. The molecule has 0 spiro atoms. The zero-order valence-electron chi connectivity index (χ0n) is 15.9. The second kappa shape index (κ2) is 10.8. The number of pyridine rings is 1. The molecule has 0 radical (unpaired) electrons. The molecule has 0 aliphatic heterocycles. The van der Waals surface area contributed by atoms with E-state index in [1.54, 1.807) is 12.1 Å². The molecule has 0 bridgehead atoms. The van der Waals surface area contributed by atoms with Crippen LogP contribution in [0.3, 0.4) is 0 Å². The first kappa shape index (κ1) is 23.4. The van der Waals surface area contributed by atoms with Crippen molar-refractivity contribution in [2.75, 3.05) is 13.3 Å². The van der Waals surface area contributed by atoms with Gasteiger partial charge in [0, 0.05) is 25.4 Å². The molecule has 1 aromatic carbocycles. The van der Waals surface area contributed by atoms with Crippen molar-refractivity contribution in [3.63, 3.8) is 0 Å². The predicted octanol–water partition coefficient (Wildman–Crippen LogP) is 2.37. The van der Waals surface area contributed by atoms with Gasteiger partial charge in [-0.05, 0) is 35.9 Å². The first-order chi connectivity index (χ1) is 14.3. The van der Waals surface area contributed by atoms with Crippen LogP contribution in [0.4, 0.5) is 8.78 Å². The van der Waals surface area contributed by atoms with Crippen LogP contribution >= 0.6 is 0 Å². The van der Waals surface area contributed by atoms with Crippen molar-refractivity contribution in [1.82, 2.24) is 14.8 Å². The summed E-state index contributed by atoms with van der Waals surface area (Å²) >= 11 is 0. The number of carbonyl (C=O) groups is 1. The van der Waals surface area contributed by atoms with Crippen LogP contribution in [0.1, 0.15) is 12.0 Å². The summed E-state index contributed by atoms with van der Waals surface area (Å²) in [5, 5.41) is 9.06. The molecule has 11 heteroatoms. The molecule has 0 fully saturated rings. The molecular formula is C19H21F2N3O5S. The molecule has 8 nitrogen and oxygen atoms in total. The van der Waals surface area contributed by atoms with Crippen molar-refractivity contribution in [3.8, 4) is 5.75 Å². The van der Waals surface area contributed by atoms with Gasteiger partial charge >= 0.3 is 0 Å². The molecule has 1 atom stereocenters. The van der Waals surface area contributed by atoms with Crippen LogP contribution in [0.5, 0.6) is 5.75 Å². The lowest BCUT2D eigenvalue weighted by atomic mass is 10.1. The third-order valence-electron chi connectivity index (χ3n) is 4.01. The number of hydrogen-bond donors (Lipinski definition) is 2. The zero-order valence-corrected chi connectivity index (χ0v) is 16.7. The summed E-state index contributed by atoms with van der Waals surface area (Å²) in [6.07, 6.45) is 2.22. The van der Waals surface area contributed by atoms with E-state index in [0.29, 0.717) is 5.56 Å². The van der Waals surface area contributed by atoms with Crippen molar-refractivity contribution < 1.29 is 31.9 Å². The summed E-state index contributed by atoms with van der Waals surface area (Å²) in [6.45, 7) is 1.88. The zero-order chi connectivity index (χ0) is 22.1. The number of nitrogens with one attached hydrogen (secondary N) is 1. The molecule has 162 valence electrons. The Labute approximate surface area is 172 Å². The molecule has 2 N–H and O–H groups in total. The first-order valence-electron chi connectivity index (χ1n) is 8.76. The van der Waals surface area contributed by atoms with Gasteiger partial charge in [0.05, 0.1) is 10.7 Å². The van der Waals surface area contributed by atoms with Crippen molar-refractivity contribution in [2.24, 2.45) is 0 Å². The number of amides is 1. The van der Waals surface area contributed by atoms with E-state index in [-0.39, 0.29) is 23.8 Å². The highest BCUT2D eigenvalue weighted by atomic mass is 32.2. The van der Waals surface area contributed by atoms with Gasteiger partial charge in [0.15, 0.2) is 0 Å². The minimum atomic E-state index is -4.34. The smallest absolute Gasteiger partial charge is 0.262 e. The van der Waals surface area contributed by atoms with Crippen molar-refractivity contribution in [1.29, 1.82) is 0 Å². The fourth-order valence-corrected chi connectivity index (χ4v) is 4.22. The monoisotopic (exact) mass is 440 g/mol. The Morgan fingerprint density at radius 1 is 1.30 bits per heavy atom. The molecule has 0 unspecified atom stereocenters. The maximum absolute atomic E-state index is 13.6. The Balaban J connectivity index is 2.47. The van der Waals surface area contributed by atoms with E-state index in [2.05, 4.69) is 11.6 Å². The molecule has 1 amide bonds. The first-order valence-corrected chi connectivity index (χ1v) is 10.2. The van der Waals surface area contributed by atoms with E-state index in [9.17, 15) is 22.0 Å². The fourth-order valence-electron chi connectivity index (χ4n) is 2.64. The highest BCUT2D eigenvalue weighted by molar-refractivity contribution is 7.89. The number of benzene rings is 1. The van der Waals surface area contributed by atoms with Gasteiger partial charge in [0.25, 0.3) is 5.91 Å². The van der Waals surface area contributed by atoms with E-state index in [1.165, 1.54) is 42.1 Å². The summed E-state index contributed by atoms with van der Waals surface area (Å²) in [4.78, 5) is 15.9. The summed E-state index contributed by atoms with van der Waals surface area (Å²) in [7, 11) is -4.34. The van der Waals surface area contributed by atoms with Gasteiger partial charge in [-0.1, -0.05) is 12.6 Å². The topological polar surface area (TPSA) is 109 Å². The average Bonchev–Trinajstić information content (AvgIpc) is 2.74. The Hall–Kier alpha value is -2.89. The minimum Gasteiger partial charge on any atom is -0.491 e. The van der Waals surface area contributed by atoms with E-state index < -0.39 is 40.9 Å². The van der Waals surface area contributed by atoms with Crippen LogP contribution in [0, 0.1) is 0 Å². The standard InChI is InChI=1S/C19H21F2N3O5S/c1-14(21)11-18(19(25)23-26)24(13-15-3-2-9-22-12-15)30(27,28)17-6-4-16(5-7-17)29-10-8-20/h2-7,9,12,18,26H,1,8,10-11,13H2,(H,23,25)/t18-/m0/s1/i20-1. The second-order valence-corrected chi connectivity index (χ2v) is 8.02. The third-order valence-corrected chi connectivity index (χ3v) is 5.88. The summed E-state index contributed by atoms with van der Waals surface area (Å²) in [6, 6.07) is 6.66. The SMILES string of the molecule is C=C(F)C[C@@H](C(=O)NO)N(Cc1cccnc1)S(=O)(=O)c1ccc(OCC[18F])cc1. The number of alkyl halides is 1. The number of aromatic nitrogens is 1. The number of rotatable bonds is 11. The summed E-state index contributed by atoms with van der Waals surface area (Å²) < 4.78 is 58.2. The largest absolute Gasteiger partial charge is 0.491 e. The highest BCUT2D eigenvalue weighted by Crippen LogP contribution is 2.26. The lowest BCUT2D eigenvalue weighted by molar-refractivity contribution is -0.133. The van der Waals surface area contributed by atoms with Crippen LogP contribution in [-0.2, 0) is 21.4 Å². The van der Waals surface area contributed by atoms with Crippen molar-refractivity contribution in [2.45, 2.75) is 23.9 Å². The lowest BCUT2D eigenvalue weighted by Crippen LogP contribution is -2.48. The molecule has 1 aromatic heterocycles. The Morgan fingerprint density at radius 3 is 2.53 bits per heavy atom. The van der Waals surface area contributed by atoms with Gasteiger partial charge < -0.3 is 4.74 Å². The van der Waals surface area contributed by atoms with E-state index in [4.69, 9.17) is 9.94 Å². The van der Waals surface area contributed by atoms with Gasteiger partial charge in [-0.2, -0.15) is 4.31 Å². The van der Waals surface area contributed by atoms with Gasteiger partial charge in [0.1, 0.15) is 25.1 Å². The molecule has 2 aromatic rings. The van der Waals surface area contributed by atoms with Crippen LogP contribution in [0.15, 0.2) is 66.1 Å². The van der Waals surface area contributed by atoms with Gasteiger partial charge in [0.2, 0.25) is 10.0 Å². The van der Waals surface area contributed by atoms with Gasteiger partial charge in [-0.25, -0.2) is 22.7 Å². The molecule has 0 saturated carbocycles. The molecule has 30 heavy (non-hydrogen) atoms. The normalized spacial score (nSPS) is 12.4. The maximum Gasteiger partial charge on any atom is 0.262 e. The number of hydroxylamine groups is 1. The molecule has 1 heterocycles. The Morgan fingerprint density at radius 2 is 2.00 bits per heavy atom. The number of ether oxygens (including phenoxy) is 1. The van der Waals surface area contributed by atoms with Crippen LogP contribution in [0.25, 0.3) is 0 Å². The molecule has 0 saturated heterocycles. The van der Waals surface area contributed by atoms with Crippen molar-refractivity contribution >= 4 is 15.9 Å². The molecule has 0 aliphatic carbocycles. The summed E-state index contributed by atoms with van der Waals surface area (Å²) in [5.41, 5.74) is 1.80. The number of sulfonamides is 1. The van der Waals surface area contributed by atoms with E-state index >= 15 is 0 Å². The summed E-state index contributed by atoms with van der Waals surface area (Å²) in [5.74, 6) is -1.80. The van der Waals surface area contributed by atoms with Crippen LogP contribution < -0.4 is 10.2 Å². The molecule has 2 rings (SSSR count). The number of carbonyl (C=O) groups excluding carboxylic acids is 1. The number of halogens is 2. The van der Waals surface area contributed by atoms with Crippen molar-refractivity contribution in [3.05, 3.63) is 66.8 Å².